The van der Waals surface area contributed by atoms with Crippen molar-refractivity contribution in [2.24, 2.45) is 5.92 Å². The number of aromatic nitrogens is 4. The minimum absolute atomic E-state index is 0.0585. The van der Waals surface area contributed by atoms with Crippen LogP contribution in [0.4, 0.5) is 0 Å². The number of nitrogens with zero attached hydrogens (tertiary/aromatic N) is 4. The van der Waals surface area contributed by atoms with Crippen LogP contribution in [0, 0.1) is 5.92 Å². The highest BCUT2D eigenvalue weighted by molar-refractivity contribution is 5.78. The molecule has 0 aliphatic heterocycles. The number of carbonyl (C=O) groups is 1. The Bertz CT molecular complexity index is 879. The van der Waals surface area contributed by atoms with Gasteiger partial charge < -0.3 is 9.88 Å². The first-order valence-electron chi connectivity index (χ1n) is 9.71. The van der Waals surface area contributed by atoms with Crippen molar-refractivity contribution in [3.05, 3.63) is 48.5 Å². The van der Waals surface area contributed by atoms with Crippen molar-refractivity contribution in [1.29, 1.82) is 0 Å². The molecule has 6 heteroatoms. The summed E-state index contributed by atoms with van der Waals surface area (Å²) in [5.74, 6) is 1.24. The Morgan fingerprint density at radius 2 is 1.93 bits per heavy atom. The lowest BCUT2D eigenvalue weighted by atomic mass is 10.0. The van der Waals surface area contributed by atoms with Crippen molar-refractivity contribution in [3.63, 3.8) is 0 Å². The molecule has 1 N–H and O–H groups in total. The number of para-hydroxylation sites is 2. The average molecular weight is 367 g/mol. The van der Waals surface area contributed by atoms with Crippen LogP contribution in [-0.2, 0) is 11.3 Å². The van der Waals surface area contributed by atoms with Crippen LogP contribution < -0.4 is 5.32 Å². The van der Waals surface area contributed by atoms with Crippen molar-refractivity contribution >= 4 is 16.9 Å². The summed E-state index contributed by atoms with van der Waals surface area (Å²) in [6.07, 6.45) is 4.91. The summed E-state index contributed by atoms with van der Waals surface area (Å²) < 4.78 is 4.09. The van der Waals surface area contributed by atoms with Crippen molar-refractivity contribution in [2.45, 2.75) is 59.2 Å². The topological polar surface area (TPSA) is 64.7 Å². The van der Waals surface area contributed by atoms with Gasteiger partial charge in [0.05, 0.1) is 17.1 Å². The highest BCUT2D eigenvalue weighted by atomic mass is 16.1. The zero-order chi connectivity index (χ0) is 19.4. The van der Waals surface area contributed by atoms with Crippen molar-refractivity contribution in [2.75, 3.05) is 0 Å². The van der Waals surface area contributed by atoms with Gasteiger partial charge in [0.2, 0.25) is 5.91 Å². The Hall–Kier alpha value is -2.63. The van der Waals surface area contributed by atoms with Crippen molar-refractivity contribution in [3.8, 4) is 0 Å². The molecule has 144 valence electrons. The van der Waals surface area contributed by atoms with E-state index in [2.05, 4.69) is 48.7 Å². The number of carbonyl (C=O) groups excluding carboxylic acids is 1. The molecule has 0 bridgehead atoms. The molecular weight excluding hydrogens is 338 g/mol. The molecule has 3 aromatic rings. The van der Waals surface area contributed by atoms with Gasteiger partial charge in [0.15, 0.2) is 0 Å². The Morgan fingerprint density at radius 1 is 1.15 bits per heavy atom. The van der Waals surface area contributed by atoms with Crippen LogP contribution >= 0.6 is 0 Å². The summed E-state index contributed by atoms with van der Waals surface area (Å²) in [7, 11) is 0. The molecule has 1 atom stereocenters. The predicted octanol–water partition coefficient (Wildman–Crippen LogP) is 4.11. The summed E-state index contributed by atoms with van der Waals surface area (Å²) in [5.41, 5.74) is 2.08. The van der Waals surface area contributed by atoms with Gasteiger partial charge >= 0.3 is 0 Å². The standard InChI is InChI=1S/C21H29N5O/c1-15(2)20(24-19(27)11-7-13-25-14-8-12-22-25)21-23-17-9-5-6-10-18(17)26(21)16(3)4/h5-6,8-10,12,14-16,20H,7,11,13H2,1-4H3,(H,24,27)/t20-/m0/s1. The minimum Gasteiger partial charge on any atom is -0.346 e. The van der Waals surface area contributed by atoms with Gasteiger partial charge in [-0.2, -0.15) is 5.10 Å². The second-order valence-electron chi connectivity index (χ2n) is 7.58. The van der Waals surface area contributed by atoms with E-state index in [0.717, 1.165) is 29.8 Å². The zero-order valence-electron chi connectivity index (χ0n) is 16.6. The van der Waals surface area contributed by atoms with Gasteiger partial charge in [-0.05, 0) is 44.4 Å². The summed E-state index contributed by atoms with van der Waals surface area (Å²) in [6, 6.07) is 10.2. The first-order valence-corrected chi connectivity index (χ1v) is 9.71. The van der Waals surface area contributed by atoms with Crippen LogP contribution in [0.1, 0.15) is 58.4 Å². The maximum absolute atomic E-state index is 12.6. The van der Waals surface area contributed by atoms with E-state index < -0.39 is 0 Å². The van der Waals surface area contributed by atoms with Gasteiger partial charge in [0.1, 0.15) is 5.82 Å². The zero-order valence-corrected chi connectivity index (χ0v) is 16.6. The summed E-state index contributed by atoms with van der Waals surface area (Å²) in [5, 5.41) is 7.39. The van der Waals surface area contributed by atoms with Gasteiger partial charge in [-0.3, -0.25) is 9.48 Å². The van der Waals surface area contributed by atoms with E-state index >= 15 is 0 Å². The molecule has 2 heterocycles. The number of aryl methyl sites for hydroxylation is 1. The molecule has 0 saturated carbocycles. The van der Waals surface area contributed by atoms with Crippen LogP contribution in [0.3, 0.4) is 0 Å². The largest absolute Gasteiger partial charge is 0.346 e. The molecule has 1 amide bonds. The van der Waals surface area contributed by atoms with E-state index in [9.17, 15) is 4.79 Å². The van der Waals surface area contributed by atoms with E-state index in [1.807, 2.05) is 35.1 Å². The van der Waals surface area contributed by atoms with E-state index in [1.165, 1.54) is 0 Å². The first kappa shape index (κ1) is 19.1. The molecule has 0 spiro atoms. The number of hydrogen-bond acceptors (Lipinski definition) is 3. The van der Waals surface area contributed by atoms with Crippen LogP contribution in [-0.4, -0.2) is 25.2 Å². The first-order chi connectivity index (χ1) is 13.0. The molecule has 0 saturated heterocycles. The molecule has 0 unspecified atom stereocenters. The van der Waals surface area contributed by atoms with Crippen LogP contribution in [0.2, 0.25) is 0 Å². The molecule has 1 aromatic carbocycles. The summed E-state index contributed by atoms with van der Waals surface area (Å²) in [4.78, 5) is 17.4. The Balaban J connectivity index is 1.76. The van der Waals surface area contributed by atoms with Gasteiger partial charge in [-0.15, -0.1) is 0 Å². The van der Waals surface area contributed by atoms with E-state index in [1.54, 1.807) is 6.20 Å². The van der Waals surface area contributed by atoms with E-state index in [0.29, 0.717) is 6.42 Å². The third-order valence-corrected chi connectivity index (χ3v) is 4.75. The Labute approximate surface area is 160 Å². The van der Waals surface area contributed by atoms with Gasteiger partial charge in [-0.25, -0.2) is 4.98 Å². The number of hydrogen-bond donors (Lipinski definition) is 1. The highest BCUT2D eigenvalue weighted by Crippen LogP contribution is 2.28. The van der Waals surface area contributed by atoms with Crippen LogP contribution in [0.15, 0.2) is 42.7 Å². The monoisotopic (exact) mass is 367 g/mol. The molecule has 6 nitrogen and oxygen atoms in total. The minimum atomic E-state index is -0.114. The quantitative estimate of drug-likeness (QED) is 0.652. The average Bonchev–Trinajstić information content (AvgIpc) is 3.26. The number of rotatable bonds is 8. The van der Waals surface area contributed by atoms with E-state index in [4.69, 9.17) is 4.98 Å². The second kappa shape index (κ2) is 8.37. The normalized spacial score (nSPS) is 12.8. The number of nitrogens with one attached hydrogen (secondary N) is 1. The number of imidazole rings is 1. The number of benzene rings is 1. The Morgan fingerprint density at radius 3 is 2.59 bits per heavy atom. The predicted molar refractivity (Wildman–Crippen MR) is 107 cm³/mol. The third kappa shape index (κ3) is 4.38. The molecule has 0 fully saturated rings. The van der Waals surface area contributed by atoms with Gasteiger partial charge in [0, 0.05) is 31.4 Å². The molecule has 0 aliphatic rings. The molecule has 0 aliphatic carbocycles. The molecule has 27 heavy (non-hydrogen) atoms. The lowest BCUT2D eigenvalue weighted by Crippen LogP contribution is -2.34. The van der Waals surface area contributed by atoms with Gasteiger partial charge in [-0.1, -0.05) is 26.0 Å². The van der Waals surface area contributed by atoms with Crippen molar-refractivity contribution < 1.29 is 4.79 Å². The fourth-order valence-electron chi connectivity index (χ4n) is 3.43. The number of amides is 1. The molecular formula is C21H29N5O. The van der Waals surface area contributed by atoms with Crippen LogP contribution in [0.25, 0.3) is 11.0 Å². The SMILES string of the molecule is CC(C)[C@H](NC(=O)CCCn1cccn1)c1nc2ccccc2n1C(C)C. The fourth-order valence-corrected chi connectivity index (χ4v) is 3.43. The highest BCUT2D eigenvalue weighted by Gasteiger charge is 2.25. The smallest absolute Gasteiger partial charge is 0.220 e. The summed E-state index contributed by atoms with van der Waals surface area (Å²) in [6.45, 7) is 9.30. The summed E-state index contributed by atoms with van der Waals surface area (Å²) >= 11 is 0. The van der Waals surface area contributed by atoms with Crippen LogP contribution in [0.5, 0.6) is 0 Å². The van der Waals surface area contributed by atoms with Crippen molar-refractivity contribution in [1.82, 2.24) is 24.6 Å². The molecule has 2 aromatic heterocycles. The number of fused-ring (bicyclic) bond motifs is 1. The fraction of sp³-hybridized carbons (Fsp3) is 0.476. The molecule has 0 radical (unpaired) electrons. The molecule has 3 rings (SSSR count). The second-order valence-corrected chi connectivity index (χ2v) is 7.58. The third-order valence-electron chi connectivity index (χ3n) is 4.75. The van der Waals surface area contributed by atoms with Gasteiger partial charge in [0.25, 0.3) is 0 Å². The Kier molecular flexibility index (Phi) is 5.94. The lowest BCUT2D eigenvalue weighted by molar-refractivity contribution is -0.122. The maximum atomic E-state index is 12.6. The lowest BCUT2D eigenvalue weighted by Gasteiger charge is -2.25. The van der Waals surface area contributed by atoms with E-state index in [-0.39, 0.29) is 23.9 Å². The maximum Gasteiger partial charge on any atom is 0.220 e.